The molecule has 0 aromatic carbocycles. The van der Waals surface area contributed by atoms with Crippen molar-refractivity contribution in [3.05, 3.63) is 29.6 Å². The molecule has 0 saturated carbocycles. The van der Waals surface area contributed by atoms with Gasteiger partial charge in [-0.05, 0) is 32.4 Å². The maximum Gasteiger partial charge on any atom is 0.0682 e. The van der Waals surface area contributed by atoms with Crippen molar-refractivity contribution in [2.24, 2.45) is 0 Å². The summed E-state index contributed by atoms with van der Waals surface area (Å²) in [6.45, 7) is 8.20. The lowest BCUT2D eigenvalue weighted by atomic mass is 10.1. The predicted molar refractivity (Wildman–Crippen MR) is 74.8 cm³/mol. The molecule has 1 aromatic rings. The zero-order valence-electron chi connectivity index (χ0n) is 11.8. The Balaban J connectivity index is 1.68. The fraction of sp³-hybridized carbons (Fsp3) is 0.667. The molecule has 3 rings (SSSR count). The number of aryl methyl sites for hydroxylation is 1. The van der Waals surface area contributed by atoms with Crippen LogP contribution in [0.5, 0.6) is 0 Å². The quantitative estimate of drug-likeness (QED) is 0.863. The molecule has 2 aliphatic heterocycles. The van der Waals surface area contributed by atoms with E-state index in [9.17, 15) is 5.11 Å². The van der Waals surface area contributed by atoms with Crippen LogP contribution in [0.4, 0.5) is 0 Å². The summed E-state index contributed by atoms with van der Waals surface area (Å²) >= 11 is 0. The molecule has 1 aromatic heterocycles. The highest BCUT2D eigenvalue weighted by Gasteiger charge is 2.38. The van der Waals surface area contributed by atoms with Crippen molar-refractivity contribution in [3.63, 3.8) is 0 Å². The first-order valence-electron chi connectivity index (χ1n) is 7.20. The molecule has 1 unspecified atom stereocenters. The van der Waals surface area contributed by atoms with Gasteiger partial charge in [-0.25, -0.2) is 0 Å². The zero-order chi connectivity index (χ0) is 13.4. The number of fused-ring (bicyclic) bond motifs is 1. The van der Waals surface area contributed by atoms with Crippen LogP contribution in [0.25, 0.3) is 0 Å². The Morgan fingerprint density at radius 1 is 1.32 bits per heavy atom. The fourth-order valence-corrected chi connectivity index (χ4v) is 3.39. The summed E-state index contributed by atoms with van der Waals surface area (Å²) in [4.78, 5) is 9.54. The van der Waals surface area contributed by atoms with Gasteiger partial charge < -0.3 is 5.11 Å². The topological polar surface area (TPSA) is 39.6 Å². The molecule has 2 aliphatic rings. The van der Waals surface area contributed by atoms with E-state index in [1.54, 1.807) is 0 Å². The second-order valence-electron chi connectivity index (χ2n) is 6.05. The van der Waals surface area contributed by atoms with Crippen LogP contribution in [0, 0.1) is 6.92 Å². The van der Waals surface area contributed by atoms with Crippen LogP contribution in [-0.2, 0) is 6.54 Å². The van der Waals surface area contributed by atoms with Crippen LogP contribution in [0.3, 0.4) is 0 Å². The van der Waals surface area contributed by atoms with E-state index in [0.29, 0.717) is 12.1 Å². The normalized spacial score (nSPS) is 32.5. The number of hydrogen-bond acceptors (Lipinski definition) is 4. The predicted octanol–water partition coefficient (Wildman–Crippen LogP) is 1.03. The summed E-state index contributed by atoms with van der Waals surface area (Å²) in [6, 6.07) is 7.28. The van der Waals surface area contributed by atoms with Gasteiger partial charge in [0.2, 0.25) is 0 Å². The molecule has 0 spiro atoms. The lowest BCUT2D eigenvalue weighted by Gasteiger charge is -2.42. The number of rotatable bonds is 2. The van der Waals surface area contributed by atoms with Gasteiger partial charge in [0.05, 0.1) is 11.8 Å². The summed E-state index contributed by atoms with van der Waals surface area (Å²) in [5.74, 6) is 0. The molecule has 3 atom stereocenters. The lowest BCUT2D eigenvalue weighted by molar-refractivity contribution is 0.0520. The third-order valence-corrected chi connectivity index (χ3v) is 4.38. The number of piperazine rings is 1. The Morgan fingerprint density at radius 2 is 2.16 bits per heavy atom. The third kappa shape index (κ3) is 2.81. The smallest absolute Gasteiger partial charge is 0.0682 e. The molecule has 3 heterocycles. The average molecular weight is 261 g/mol. The van der Waals surface area contributed by atoms with Gasteiger partial charge in [-0.3, -0.25) is 14.8 Å². The lowest BCUT2D eigenvalue weighted by Crippen LogP contribution is -2.54. The summed E-state index contributed by atoms with van der Waals surface area (Å²) in [5.41, 5.74) is 2.24. The second-order valence-corrected chi connectivity index (χ2v) is 6.05. The fourth-order valence-electron chi connectivity index (χ4n) is 3.39. The van der Waals surface area contributed by atoms with Crippen LogP contribution in [0.2, 0.25) is 0 Å². The van der Waals surface area contributed by atoms with Crippen LogP contribution >= 0.6 is 0 Å². The minimum atomic E-state index is -0.130. The van der Waals surface area contributed by atoms with E-state index in [1.165, 1.54) is 0 Å². The Hall–Kier alpha value is -0.970. The number of hydrogen-bond donors (Lipinski definition) is 1. The molecule has 0 aliphatic carbocycles. The van der Waals surface area contributed by atoms with Crippen molar-refractivity contribution < 1.29 is 5.11 Å². The van der Waals surface area contributed by atoms with E-state index in [0.717, 1.165) is 44.0 Å². The van der Waals surface area contributed by atoms with Crippen LogP contribution in [0.1, 0.15) is 24.7 Å². The molecule has 1 N–H and O–H groups in total. The summed E-state index contributed by atoms with van der Waals surface area (Å²) in [7, 11) is 0. The Labute approximate surface area is 115 Å². The monoisotopic (exact) mass is 261 g/mol. The van der Waals surface area contributed by atoms with Gasteiger partial charge in [0.15, 0.2) is 0 Å². The molecule has 2 fully saturated rings. The van der Waals surface area contributed by atoms with Crippen molar-refractivity contribution in [2.45, 2.75) is 45.0 Å². The maximum atomic E-state index is 9.79. The van der Waals surface area contributed by atoms with Gasteiger partial charge in [0, 0.05) is 44.0 Å². The number of aliphatic hydroxyl groups excluding tert-OH is 1. The average Bonchev–Trinajstić information content (AvgIpc) is 2.69. The highest BCUT2D eigenvalue weighted by atomic mass is 16.3. The minimum absolute atomic E-state index is 0.130. The highest BCUT2D eigenvalue weighted by molar-refractivity contribution is 5.10. The van der Waals surface area contributed by atoms with Gasteiger partial charge in [-0.2, -0.15) is 0 Å². The molecule has 19 heavy (non-hydrogen) atoms. The van der Waals surface area contributed by atoms with Gasteiger partial charge in [0.1, 0.15) is 0 Å². The van der Waals surface area contributed by atoms with Crippen molar-refractivity contribution in [1.82, 2.24) is 14.8 Å². The molecular formula is C15H23N3O. The van der Waals surface area contributed by atoms with Gasteiger partial charge in [-0.15, -0.1) is 0 Å². The highest BCUT2D eigenvalue weighted by Crippen LogP contribution is 2.25. The van der Waals surface area contributed by atoms with Crippen molar-refractivity contribution in [3.8, 4) is 0 Å². The number of aromatic nitrogens is 1. The van der Waals surface area contributed by atoms with Crippen molar-refractivity contribution in [1.29, 1.82) is 0 Å². The number of nitrogens with zero attached hydrogens (tertiary/aromatic N) is 3. The Kier molecular flexibility index (Phi) is 3.56. The number of pyridine rings is 1. The van der Waals surface area contributed by atoms with Gasteiger partial charge >= 0.3 is 0 Å². The molecule has 2 saturated heterocycles. The van der Waals surface area contributed by atoms with E-state index < -0.39 is 0 Å². The first-order chi connectivity index (χ1) is 9.11. The van der Waals surface area contributed by atoms with E-state index in [4.69, 9.17) is 0 Å². The van der Waals surface area contributed by atoms with E-state index in [1.807, 2.05) is 13.0 Å². The molecule has 4 nitrogen and oxygen atoms in total. The summed E-state index contributed by atoms with van der Waals surface area (Å²) in [5, 5.41) is 9.79. The third-order valence-electron chi connectivity index (χ3n) is 4.38. The summed E-state index contributed by atoms with van der Waals surface area (Å²) in [6.07, 6.45) is 0.791. The van der Waals surface area contributed by atoms with E-state index in [-0.39, 0.29) is 6.10 Å². The molecule has 0 amide bonds. The molecule has 4 heteroatoms. The Morgan fingerprint density at radius 3 is 2.95 bits per heavy atom. The molecule has 0 bridgehead atoms. The first-order valence-corrected chi connectivity index (χ1v) is 7.20. The van der Waals surface area contributed by atoms with Crippen LogP contribution < -0.4 is 0 Å². The molecule has 104 valence electrons. The van der Waals surface area contributed by atoms with E-state index >= 15 is 0 Å². The van der Waals surface area contributed by atoms with Crippen LogP contribution in [0.15, 0.2) is 18.2 Å². The van der Waals surface area contributed by atoms with Gasteiger partial charge in [0.25, 0.3) is 0 Å². The van der Waals surface area contributed by atoms with E-state index in [2.05, 4.69) is 33.8 Å². The number of aliphatic hydroxyl groups is 1. The van der Waals surface area contributed by atoms with Crippen molar-refractivity contribution in [2.75, 3.05) is 19.6 Å². The van der Waals surface area contributed by atoms with Crippen LogP contribution in [-0.4, -0.2) is 57.7 Å². The Bertz CT molecular complexity index is 451. The van der Waals surface area contributed by atoms with Gasteiger partial charge in [-0.1, -0.05) is 6.07 Å². The largest absolute Gasteiger partial charge is 0.392 e. The second kappa shape index (κ2) is 5.19. The first kappa shape index (κ1) is 13.0. The van der Waals surface area contributed by atoms with Crippen molar-refractivity contribution >= 4 is 0 Å². The zero-order valence-corrected chi connectivity index (χ0v) is 11.8. The molecule has 0 radical (unpaired) electrons. The summed E-state index contributed by atoms with van der Waals surface area (Å²) < 4.78 is 0. The SMILES string of the molecule is Cc1cccc(CN2CC3C[C@@H](O)CN3C[C@H]2C)n1. The minimum Gasteiger partial charge on any atom is -0.392 e. The molecular weight excluding hydrogens is 238 g/mol. The standard InChI is InChI=1S/C15H23N3O/c1-11-4-3-5-13(16-11)8-17-9-14-6-15(19)10-18(14)7-12(17)2/h3-5,12,14-15,19H,6-10H2,1-2H3/t12-,14?,15-/m1/s1. The maximum absolute atomic E-state index is 9.79.